The number of nitrogens with one attached hydrogen (secondary N) is 2. The lowest BCUT2D eigenvalue weighted by Gasteiger charge is -2.35. The summed E-state index contributed by atoms with van der Waals surface area (Å²) in [6, 6.07) is 22.5. The van der Waals surface area contributed by atoms with Crippen molar-refractivity contribution in [2.45, 2.75) is 58.5 Å². The smallest absolute Gasteiger partial charge is 0.274 e. The van der Waals surface area contributed by atoms with Gasteiger partial charge in [0, 0.05) is 56.0 Å². The van der Waals surface area contributed by atoms with E-state index in [9.17, 15) is 29.1 Å². The first-order valence-electron chi connectivity index (χ1n) is 25.2. The van der Waals surface area contributed by atoms with Crippen molar-refractivity contribution in [2.75, 3.05) is 64.7 Å². The second-order valence-corrected chi connectivity index (χ2v) is 19.6. The van der Waals surface area contributed by atoms with E-state index in [0.717, 1.165) is 21.7 Å². The van der Waals surface area contributed by atoms with Crippen LogP contribution in [0, 0.1) is 12.8 Å². The SMILES string of the molecule is Cc1ncsc1-c1ccc(CNC(=O)[C@H]2C[C@H](O)CN2C(=O)[C@@H](C(C)C)N2Cc3ccccc3C2=O)c(OCCOCCOCCOCCOc2ccc(C(=O)Nc3ccc4oc(-c5ccc(=O)n(C)n5)nc4c3)nc2)c1. The molecule has 6 heterocycles. The van der Waals surface area contributed by atoms with Crippen LogP contribution in [-0.2, 0) is 43.9 Å². The number of aliphatic hydroxyl groups is 1. The summed E-state index contributed by atoms with van der Waals surface area (Å²) >= 11 is 1.51. The Bertz CT molecular complexity index is 3290. The van der Waals surface area contributed by atoms with E-state index in [4.69, 9.17) is 28.1 Å². The molecule has 2 aliphatic rings. The average Bonchev–Trinajstić information content (AvgIpc) is 4.23. The molecule has 77 heavy (non-hydrogen) atoms. The van der Waals surface area contributed by atoms with E-state index in [1.165, 1.54) is 46.3 Å². The molecule has 3 N–H and O–H groups in total. The summed E-state index contributed by atoms with van der Waals surface area (Å²) in [6.07, 6.45) is 0.641. The fourth-order valence-corrected chi connectivity index (χ4v) is 9.91. The number of aryl methyl sites for hydroxylation is 2. The Labute approximate surface area is 447 Å². The molecule has 1 fully saturated rings. The van der Waals surface area contributed by atoms with Crippen LogP contribution < -0.4 is 25.7 Å². The van der Waals surface area contributed by atoms with Crippen LogP contribution in [0.5, 0.6) is 11.5 Å². The standard InChI is InChI=1S/C55H59N9O12S/c1-33(2)49(64-30-37-7-5-6-8-41(37)54(64)69)55(70)63-31-39(65)27-45(63)52(68)57-28-36-10-9-35(50-34(3)58-32-77-50)25-47(36)75-24-22-73-20-18-71-17-19-72-21-23-74-40-12-13-42(56-29-40)51(67)59-38-11-15-46-44(26-38)60-53(76-46)43-14-16-48(66)62(4)61-43/h5-16,25-26,29,32-33,39,45,49,65H,17-24,27-28,30-31H2,1-4H3,(H,57,68)(H,59,67)/t39-,45+,49+/m0/s1. The fourth-order valence-electron chi connectivity index (χ4n) is 9.11. The minimum atomic E-state index is -0.926. The van der Waals surface area contributed by atoms with Crippen LogP contribution in [-0.4, -0.2) is 141 Å². The highest BCUT2D eigenvalue weighted by Crippen LogP contribution is 2.34. The molecule has 0 unspecified atom stereocenters. The molecule has 4 amide bonds. The topological polar surface area (TPSA) is 252 Å². The lowest BCUT2D eigenvalue weighted by atomic mass is 10.0. The maximum absolute atomic E-state index is 14.2. The number of oxazole rings is 1. The van der Waals surface area contributed by atoms with Gasteiger partial charge in [-0.15, -0.1) is 11.3 Å². The molecule has 9 rings (SSSR count). The van der Waals surface area contributed by atoms with E-state index in [0.29, 0.717) is 84.7 Å². The summed E-state index contributed by atoms with van der Waals surface area (Å²) in [4.78, 5) is 83.3. The van der Waals surface area contributed by atoms with Crippen molar-refractivity contribution < 1.29 is 52.4 Å². The van der Waals surface area contributed by atoms with E-state index in [1.54, 1.807) is 52.9 Å². The number of aromatic nitrogens is 5. The number of pyridine rings is 1. The highest BCUT2D eigenvalue weighted by molar-refractivity contribution is 7.13. The number of hydrogen-bond donors (Lipinski definition) is 3. The molecule has 21 nitrogen and oxygen atoms in total. The van der Waals surface area contributed by atoms with Crippen molar-refractivity contribution in [1.82, 2.24) is 39.8 Å². The van der Waals surface area contributed by atoms with Crippen LogP contribution in [0.4, 0.5) is 5.69 Å². The predicted molar refractivity (Wildman–Crippen MR) is 283 cm³/mol. The fraction of sp³-hybridized carbons (Fsp3) is 0.364. The van der Waals surface area contributed by atoms with Crippen LogP contribution in [0.2, 0.25) is 0 Å². The van der Waals surface area contributed by atoms with Gasteiger partial charge in [0.05, 0.1) is 68.0 Å². The van der Waals surface area contributed by atoms with Gasteiger partial charge in [-0.1, -0.05) is 44.2 Å². The number of carbonyl (C=O) groups is 4. The summed E-state index contributed by atoms with van der Waals surface area (Å²) < 4.78 is 36.0. The van der Waals surface area contributed by atoms with Crippen LogP contribution in [0.25, 0.3) is 33.1 Å². The summed E-state index contributed by atoms with van der Waals surface area (Å²) in [6.45, 7) is 8.48. The van der Waals surface area contributed by atoms with Crippen molar-refractivity contribution in [2.24, 2.45) is 13.0 Å². The Hall–Kier alpha value is -7.89. The van der Waals surface area contributed by atoms with Gasteiger partial charge in [-0.3, -0.25) is 24.0 Å². The zero-order chi connectivity index (χ0) is 54.0. The summed E-state index contributed by atoms with van der Waals surface area (Å²) in [5.74, 6) is -0.400. The third kappa shape index (κ3) is 13.0. The predicted octanol–water partition coefficient (Wildman–Crippen LogP) is 5.43. The van der Waals surface area contributed by atoms with E-state index >= 15 is 0 Å². The third-order valence-electron chi connectivity index (χ3n) is 13.0. The lowest BCUT2D eigenvalue weighted by Crippen LogP contribution is -2.55. The number of benzene rings is 3. The third-order valence-corrected chi connectivity index (χ3v) is 14.0. The second kappa shape index (κ2) is 24.8. The number of anilines is 1. The number of amides is 4. The number of ether oxygens (including phenoxy) is 5. The highest BCUT2D eigenvalue weighted by Gasteiger charge is 2.46. The number of likely N-dealkylation sites (tertiary alicyclic amines) is 1. The van der Waals surface area contributed by atoms with E-state index in [2.05, 4.69) is 30.7 Å². The Morgan fingerprint density at radius 3 is 2.32 bits per heavy atom. The number of aliphatic hydroxyl groups excluding tert-OH is 1. The molecule has 402 valence electrons. The first-order valence-corrected chi connectivity index (χ1v) is 26.1. The molecule has 0 aliphatic carbocycles. The number of carbonyl (C=O) groups excluding carboxylic acids is 4. The molecule has 22 heteroatoms. The van der Waals surface area contributed by atoms with E-state index in [-0.39, 0.29) is 74.2 Å². The largest absolute Gasteiger partial charge is 0.491 e. The normalized spacial score (nSPS) is 15.5. The summed E-state index contributed by atoms with van der Waals surface area (Å²) in [5.41, 5.74) is 7.52. The van der Waals surface area contributed by atoms with E-state index in [1.807, 2.05) is 51.1 Å². The molecule has 1 saturated heterocycles. The maximum Gasteiger partial charge on any atom is 0.274 e. The van der Waals surface area contributed by atoms with Crippen molar-refractivity contribution in [3.63, 3.8) is 0 Å². The van der Waals surface area contributed by atoms with Crippen molar-refractivity contribution in [3.05, 3.63) is 135 Å². The highest BCUT2D eigenvalue weighted by atomic mass is 32.1. The van der Waals surface area contributed by atoms with Crippen molar-refractivity contribution in [3.8, 4) is 33.5 Å². The molecule has 0 bridgehead atoms. The van der Waals surface area contributed by atoms with Gasteiger partial charge in [-0.05, 0) is 72.5 Å². The van der Waals surface area contributed by atoms with Gasteiger partial charge in [0.15, 0.2) is 5.58 Å². The summed E-state index contributed by atoms with van der Waals surface area (Å²) in [7, 11) is 1.54. The minimum Gasteiger partial charge on any atom is -0.491 e. The maximum atomic E-state index is 14.2. The summed E-state index contributed by atoms with van der Waals surface area (Å²) in [5, 5.41) is 20.7. The lowest BCUT2D eigenvalue weighted by molar-refractivity contribution is -0.143. The van der Waals surface area contributed by atoms with E-state index < -0.39 is 30.0 Å². The minimum absolute atomic E-state index is 0.0139. The molecule has 3 atom stereocenters. The number of hydrogen-bond acceptors (Lipinski definition) is 17. The molecule has 0 saturated carbocycles. The molecule has 3 aromatic carbocycles. The zero-order valence-corrected chi connectivity index (χ0v) is 43.8. The van der Waals surface area contributed by atoms with Crippen LogP contribution >= 0.6 is 11.3 Å². The van der Waals surface area contributed by atoms with Crippen LogP contribution in [0.1, 0.15) is 57.9 Å². The van der Waals surface area contributed by atoms with Gasteiger partial charge >= 0.3 is 0 Å². The molecular formula is C55H59N9O12S. The van der Waals surface area contributed by atoms with Crippen LogP contribution in [0.3, 0.4) is 0 Å². The Morgan fingerprint density at radius 1 is 0.870 bits per heavy atom. The van der Waals surface area contributed by atoms with Gasteiger partial charge in [0.2, 0.25) is 17.7 Å². The molecule has 0 spiro atoms. The van der Waals surface area contributed by atoms with Gasteiger partial charge in [0.1, 0.15) is 53.7 Å². The Balaban J connectivity index is 0.669. The average molecular weight is 1070 g/mol. The number of fused-ring (bicyclic) bond motifs is 2. The Morgan fingerprint density at radius 2 is 1.62 bits per heavy atom. The Kier molecular flexibility index (Phi) is 17.4. The monoisotopic (exact) mass is 1070 g/mol. The van der Waals surface area contributed by atoms with Gasteiger partial charge in [0.25, 0.3) is 17.4 Å². The first-order chi connectivity index (χ1) is 37.3. The van der Waals surface area contributed by atoms with Crippen molar-refractivity contribution >= 4 is 51.8 Å². The molecule has 0 radical (unpaired) electrons. The first kappa shape index (κ1) is 53.9. The molecule has 2 aliphatic heterocycles. The number of rotatable bonds is 24. The van der Waals surface area contributed by atoms with Gasteiger partial charge in [-0.25, -0.2) is 19.6 Å². The quantitative estimate of drug-likeness (QED) is 0.0638. The van der Waals surface area contributed by atoms with Gasteiger partial charge in [-0.2, -0.15) is 5.10 Å². The van der Waals surface area contributed by atoms with Gasteiger partial charge < -0.3 is 53.6 Å². The second-order valence-electron chi connectivity index (χ2n) is 18.7. The van der Waals surface area contributed by atoms with Crippen molar-refractivity contribution in [1.29, 1.82) is 0 Å². The number of nitrogens with zero attached hydrogens (tertiary/aromatic N) is 7. The van der Waals surface area contributed by atoms with Crippen LogP contribution in [0.15, 0.2) is 106 Å². The number of β-amino-alcohol motifs (C(OH)–C–C–N with tert-alkyl or cyclic N) is 1. The zero-order valence-electron chi connectivity index (χ0n) is 43.0. The molecule has 4 aromatic heterocycles. The number of thiazole rings is 1. The molecular weight excluding hydrogens is 1010 g/mol. The molecule has 7 aromatic rings.